The monoisotopic (exact) mass is 234 g/mol. The number of nitrogens with zero attached hydrogens (tertiary/aromatic N) is 1. The van der Waals surface area contributed by atoms with Gasteiger partial charge < -0.3 is 10.4 Å². The molecule has 1 aliphatic heterocycles. The van der Waals surface area contributed by atoms with Gasteiger partial charge in [0.25, 0.3) is 0 Å². The molecular formula is C12H14N2O3. The van der Waals surface area contributed by atoms with Gasteiger partial charge in [0.05, 0.1) is 6.54 Å². The summed E-state index contributed by atoms with van der Waals surface area (Å²) in [5.41, 5.74) is 1.01. The van der Waals surface area contributed by atoms with Gasteiger partial charge in [-0.1, -0.05) is 30.3 Å². The number of carboxylic acids is 1. The van der Waals surface area contributed by atoms with Crippen LogP contribution in [0, 0.1) is 0 Å². The topological polar surface area (TPSA) is 69.6 Å². The summed E-state index contributed by atoms with van der Waals surface area (Å²) in [6, 6.07) is 8.90. The first kappa shape index (κ1) is 11.6. The molecule has 0 aromatic heterocycles. The van der Waals surface area contributed by atoms with E-state index in [9.17, 15) is 9.59 Å². The van der Waals surface area contributed by atoms with Crippen LogP contribution in [0.15, 0.2) is 30.3 Å². The Labute approximate surface area is 99.0 Å². The number of piperazine rings is 1. The van der Waals surface area contributed by atoms with Gasteiger partial charge in [0, 0.05) is 13.1 Å². The lowest BCUT2D eigenvalue weighted by Crippen LogP contribution is -2.56. The highest BCUT2D eigenvalue weighted by atomic mass is 16.4. The number of hydrogen-bond acceptors (Lipinski definition) is 3. The molecule has 5 nitrogen and oxygen atoms in total. The van der Waals surface area contributed by atoms with Crippen LogP contribution in [0.4, 0.5) is 0 Å². The highest BCUT2D eigenvalue weighted by Crippen LogP contribution is 2.10. The second-order valence-electron chi connectivity index (χ2n) is 4.05. The molecule has 2 rings (SSSR count). The standard InChI is InChI=1S/C12H14N2O3/c15-11-8-14(10(6-13-11)12(16)17)7-9-4-2-1-3-5-9/h1-5,10H,6-8H2,(H,13,15)(H,16,17). The van der Waals surface area contributed by atoms with Crippen molar-refractivity contribution in [2.24, 2.45) is 0 Å². The summed E-state index contributed by atoms with van der Waals surface area (Å²) in [5.74, 6) is -1.03. The van der Waals surface area contributed by atoms with E-state index in [1.54, 1.807) is 4.90 Å². The van der Waals surface area contributed by atoms with Gasteiger partial charge in [-0.15, -0.1) is 0 Å². The van der Waals surface area contributed by atoms with E-state index in [2.05, 4.69) is 5.32 Å². The summed E-state index contributed by atoms with van der Waals surface area (Å²) in [7, 11) is 0. The van der Waals surface area contributed by atoms with Gasteiger partial charge in [-0.3, -0.25) is 14.5 Å². The van der Waals surface area contributed by atoms with E-state index in [0.717, 1.165) is 5.56 Å². The summed E-state index contributed by atoms with van der Waals surface area (Å²) in [6.07, 6.45) is 0. The largest absolute Gasteiger partial charge is 0.480 e. The number of aliphatic carboxylic acids is 1. The Morgan fingerprint density at radius 1 is 1.41 bits per heavy atom. The Balaban J connectivity index is 2.10. The number of hydrogen-bond donors (Lipinski definition) is 2. The smallest absolute Gasteiger partial charge is 0.322 e. The van der Waals surface area contributed by atoms with Crippen molar-refractivity contribution >= 4 is 11.9 Å². The van der Waals surface area contributed by atoms with Crippen LogP contribution >= 0.6 is 0 Å². The molecule has 1 aromatic rings. The summed E-state index contributed by atoms with van der Waals surface area (Å²) >= 11 is 0. The molecular weight excluding hydrogens is 220 g/mol. The van der Waals surface area contributed by atoms with Gasteiger partial charge in [0.15, 0.2) is 0 Å². The fourth-order valence-electron chi connectivity index (χ4n) is 1.92. The Kier molecular flexibility index (Phi) is 3.39. The van der Waals surface area contributed by atoms with Crippen molar-refractivity contribution in [3.63, 3.8) is 0 Å². The average molecular weight is 234 g/mol. The number of carboxylic acid groups (broad SMARTS) is 1. The van der Waals surface area contributed by atoms with Gasteiger partial charge in [-0.2, -0.15) is 0 Å². The first-order valence-electron chi connectivity index (χ1n) is 5.44. The molecule has 5 heteroatoms. The van der Waals surface area contributed by atoms with E-state index >= 15 is 0 Å². The zero-order chi connectivity index (χ0) is 12.3. The first-order valence-corrected chi connectivity index (χ1v) is 5.44. The Morgan fingerprint density at radius 2 is 2.12 bits per heavy atom. The minimum atomic E-state index is -0.902. The molecule has 0 saturated carbocycles. The number of rotatable bonds is 3. The van der Waals surface area contributed by atoms with Crippen molar-refractivity contribution in [3.8, 4) is 0 Å². The zero-order valence-electron chi connectivity index (χ0n) is 9.30. The molecule has 17 heavy (non-hydrogen) atoms. The molecule has 0 aliphatic carbocycles. The molecule has 0 radical (unpaired) electrons. The lowest BCUT2D eigenvalue weighted by Gasteiger charge is -2.32. The summed E-state index contributed by atoms with van der Waals surface area (Å²) in [6.45, 7) is 0.776. The first-order chi connectivity index (χ1) is 8.16. The van der Waals surface area contributed by atoms with Crippen molar-refractivity contribution in [2.45, 2.75) is 12.6 Å². The number of carbonyl (C=O) groups is 2. The maximum atomic E-state index is 11.3. The molecule has 1 amide bonds. The van der Waals surface area contributed by atoms with Crippen LogP contribution in [0.25, 0.3) is 0 Å². The lowest BCUT2D eigenvalue weighted by atomic mass is 10.1. The Hall–Kier alpha value is -1.88. The molecule has 1 fully saturated rings. The van der Waals surface area contributed by atoms with Crippen molar-refractivity contribution in [1.29, 1.82) is 0 Å². The molecule has 1 saturated heterocycles. The highest BCUT2D eigenvalue weighted by molar-refractivity contribution is 5.83. The fraction of sp³-hybridized carbons (Fsp3) is 0.333. The van der Waals surface area contributed by atoms with Gasteiger partial charge in [-0.05, 0) is 5.56 Å². The average Bonchev–Trinajstić information content (AvgIpc) is 2.30. The third kappa shape index (κ3) is 2.82. The molecule has 0 bridgehead atoms. The fourth-order valence-corrected chi connectivity index (χ4v) is 1.92. The summed E-state index contributed by atoms with van der Waals surface area (Å²) in [5, 5.41) is 11.6. The number of benzene rings is 1. The number of amides is 1. The van der Waals surface area contributed by atoms with Gasteiger partial charge >= 0.3 is 5.97 Å². The maximum Gasteiger partial charge on any atom is 0.322 e. The number of carbonyl (C=O) groups excluding carboxylic acids is 1. The molecule has 1 atom stereocenters. The van der Waals surface area contributed by atoms with Crippen LogP contribution in [0.1, 0.15) is 5.56 Å². The van der Waals surface area contributed by atoms with Crippen LogP contribution in [0.3, 0.4) is 0 Å². The maximum absolute atomic E-state index is 11.3. The van der Waals surface area contributed by atoms with Crippen LogP contribution < -0.4 is 5.32 Å². The van der Waals surface area contributed by atoms with Crippen LogP contribution in [-0.2, 0) is 16.1 Å². The minimum absolute atomic E-state index is 0.126. The van der Waals surface area contributed by atoms with E-state index in [1.807, 2.05) is 30.3 Å². The van der Waals surface area contributed by atoms with Crippen molar-refractivity contribution < 1.29 is 14.7 Å². The molecule has 0 spiro atoms. The van der Waals surface area contributed by atoms with Gasteiger partial charge in [-0.25, -0.2) is 0 Å². The third-order valence-corrected chi connectivity index (χ3v) is 2.79. The van der Waals surface area contributed by atoms with E-state index in [-0.39, 0.29) is 19.0 Å². The van der Waals surface area contributed by atoms with Crippen LogP contribution in [-0.4, -0.2) is 41.0 Å². The van der Waals surface area contributed by atoms with E-state index < -0.39 is 12.0 Å². The van der Waals surface area contributed by atoms with Crippen molar-refractivity contribution in [3.05, 3.63) is 35.9 Å². The van der Waals surface area contributed by atoms with Crippen molar-refractivity contribution in [1.82, 2.24) is 10.2 Å². The summed E-state index contributed by atoms with van der Waals surface area (Å²) in [4.78, 5) is 24.0. The SMILES string of the molecule is O=C1CN(Cc2ccccc2)C(C(=O)O)CN1. The van der Waals surface area contributed by atoms with E-state index in [0.29, 0.717) is 6.54 Å². The molecule has 1 aromatic carbocycles. The van der Waals surface area contributed by atoms with E-state index in [1.165, 1.54) is 0 Å². The summed E-state index contributed by atoms with van der Waals surface area (Å²) < 4.78 is 0. The zero-order valence-corrected chi connectivity index (χ0v) is 9.30. The van der Waals surface area contributed by atoms with Gasteiger partial charge in [0.2, 0.25) is 5.91 Å². The van der Waals surface area contributed by atoms with Gasteiger partial charge in [0.1, 0.15) is 6.04 Å². The molecule has 2 N–H and O–H groups in total. The normalized spacial score (nSPS) is 20.9. The lowest BCUT2D eigenvalue weighted by molar-refractivity contribution is -0.146. The highest BCUT2D eigenvalue weighted by Gasteiger charge is 2.31. The van der Waals surface area contributed by atoms with Crippen LogP contribution in [0.2, 0.25) is 0 Å². The predicted octanol–water partition coefficient (Wildman–Crippen LogP) is 0.0716. The second-order valence-corrected chi connectivity index (χ2v) is 4.05. The Bertz CT molecular complexity index is 419. The van der Waals surface area contributed by atoms with Crippen LogP contribution in [0.5, 0.6) is 0 Å². The second kappa shape index (κ2) is 4.97. The minimum Gasteiger partial charge on any atom is -0.480 e. The number of nitrogens with one attached hydrogen (secondary N) is 1. The molecule has 90 valence electrons. The van der Waals surface area contributed by atoms with Crippen molar-refractivity contribution in [2.75, 3.05) is 13.1 Å². The molecule has 1 aliphatic rings. The molecule has 1 unspecified atom stereocenters. The van der Waals surface area contributed by atoms with E-state index in [4.69, 9.17) is 5.11 Å². The third-order valence-electron chi connectivity index (χ3n) is 2.79. The Morgan fingerprint density at radius 3 is 2.76 bits per heavy atom. The quantitative estimate of drug-likeness (QED) is 0.776. The predicted molar refractivity (Wildman–Crippen MR) is 61.3 cm³/mol. The molecule has 1 heterocycles.